The molecular weight excluding hydrogens is 370 g/mol. The molecular formula is C22H21N3O4. The molecule has 0 saturated carbocycles. The predicted octanol–water partition coefficient (Wildman–Crippen LogP) is 2.31. The normalized spacial score (nSPS) is 15.4. The minimum atomic E-state index is -0.543. The zero-order valence-corrected chi connectivity index (χ0v) is 16.2. The Bertz CT molecular complexity index is 1120. The van der Waals surface area contributed by atoms with Crippen LogP contribution in [0.25, 0.3) is 10.9 Å². The van der Waals surface area contributed by atoms with E-state index in [0.717, 1.165) is 27.7 Å². The van der Waals surface area contributed by atoms with E-state index in [0.29, 0.717) is 5.56 Å². The summed E-state index contributed by atoms with van der Waals surface area (Å²) in [5.41, 5.74) is 4.35. The molecule has 0 bridgehead atoms. The number of carbonyl (C=O) groups excluding carboxylic acids is 3. The molecule has 7 nitrogen and oxygen atoms in total. The molecule has 0 saturated heterocycles. The maximum absolute atomic E-state index is 13.1. The molecule has 148 valence electrons. The second-order valence-corrected chi connectivity index (χ2v) is 6.98. The highest BCUT2D eigenvalue weighted by Crippen LogP contribution is 2.42. The van der Waals surface area contributed by atoms with Crippen molar-refractivity contribution in [1.29, 1.82) is 0 Å². The Hall–Kier alpha value is -3.61. The van der Waals surface area contributed by atoms with Crippen LogP contribution in [0.5, 0.6) is 0 Å². The van der Waals surface area contributed by atoms with Crippen LogP contribution in [0.4, 0.5) is 0 Å². The third-order valence-corrected chi connectivity index (χ3v) is 5.25. The number of para-hydroxylation sites is 1. The number of aryl methyl sites for hydroxylation is 1. The van der Waals surface area contributed by atoms with Gasteiger partial charge in [0.25, 0.3) is 5.91 Å². The summed E-state index contributed by atoms with van der Waals surface area (Å²) in [4.78, 5) is 41.8. The number of aromatic amines is 1. The number of hydrogen-bond donors (Lipinski definition) is 2. The lowest BCUT2D eigenvalue weighted by atomic mass is 9.95. The van der Waals surface area contributed by atoms with Crippen LogP contribution in [0.2, 0.25) is 0 Å². The van der Waals surface area contributed by atoms with Gasteiger partial charge in [-0.25, -0.2) is 0 Å². The number of benzene rings is 2. The fourth-order valence-corrected chi connectivity index (χ4v) is 3.95. The van der Waals surface area contributed by atoms with Gasteiger partial charge in [0.2, 0.25) is 5.91 Å². The van der Waals surface area contributed by atoms with Gasteiger partial charge in [-0.1, -0.05) is 36.4 Å². The lowest BCUT2D eigenvalue weighted by molar-refractivity contribution is -0.141. The summed E-state index contributed by atoms with van der Waals surface area (Å²) in [6.07, 6.45) is 0. The molecule has 2 heterocycles. The smallest absolute Gasteiger partial charge is 0.325 e. The molecule has 1 atom stereocenters. The first-order valence-electron chi connectivity index (χ1n) is 9.32. The summed E-state index contributed by atoms with van der Waals surface area (Å²) < 4.78 is 4.55. The van der Waals surface area contributed by atoms with Crippen molar-refractivity contribution >= 4 is 28.7 Å². The van der Waals surface area contributed by atoms with E-state index in [1.54, 1.807) is 11.0 Å². The lowest BCUT2D eigenvalue weighted by Gasteiger charge is -2.25. The Labute approximate surface area is 167 Å². The van der Waals surface area contributed by atoms with Crippen LogP contribution in [0.15, 0.2) is 48.5 Å². The Balaban J connectivity index is 1.74. The minimum absolute atomic E-state index is 0.159. The number of carbonyl (C=O) groups is 3. The molecule has 7 heteroatoms. The number of H-pyrrole nitrogens is 1. The molecule has 1 aliphatic rings. The minimum Gasteiger partial charge on any atom is -0.468 e. The van der Waals surface area contributed by atoms with Crippen molar-refractivity contribution in [3.8, 4) is 0 Å². The van der Waals surface area contributed by atoms with Crippen molar-refractivity contribution in [3.05, 3.63) is 70.9 Å². The van der Waals surface area contributed by atoms with Gasteiger partial charge >= 0.3 is 5.97 Å². The van der Waals surface area contributed by atoms with E-state index in [4.69, 9.17) is 0 Å². The SMILES string of the molecule is COC(=O)CNC(=O)CN1C(=O)c2ccccc2[C@@H]1c1c(C)[nH]c2ccccc12. The number of aromatic nitrogens is 1. The second-order valence-electron chi connectivity index (χ2n) is 6.98. The van der Waals surface area contributed by atoms with Crippen LogP contribution in [0.3, 0.4) is 0 Å². The highest BCUT2D eigenvalue weighted by molar-refractivity contribution is 6.02. The number of nitrogens with one attached hydrogen (secondary N) is 2. The maximum Gasteiger partial charge on any atom is 0.325 e. The molecule has 0 unspecified atom stereocenters. The van der Waals surface area contributed by atoms with E-state index in [9.17, 15) is 14.4 Å². The Kier molecular flexibility index (Phi) is 4.80. The zero-order chi connectivity index (χ0) is 20.5. The fraction of sp³-hybridized carbons (Fsp3) is 0.227. The number of hydrogen-bond acceptors (Lipinski definition) is 4. The molecule has 3 aromatic rings. The topological polar surface area (TPSA) is 91.5 Å². The van der Waals surface area contributed by atoms with Crippen molar-refractivity contribution in [3.63, 3.8) is 0 Å². The van der Waals surface area contributed by atoms with Crippen molar-refractivity contribution < 1.29 is 19.1 Å². The van der Waals surface area contributed by atoms with E-state index in [1.807, 2.05) is 49.4 Å². The third-order valence-electron chi connectivity index (χ3n) is 5.25. The molecule has 4 rings (SSSR count). The lowest BCUT2D eigenvalue weighted by Crippen LogP contribution is -2.41. The maximum atomic E-state index is 13.1. The second kappa shape index (κ2) is 7.43. The summed E-state index contributed by atoms with van der Waals surface area (Å²) in [5, 5.41) is 3.52. The van der Waals surface area contributed by atoms with Gasteiger partial charge in [0.15, 0.2) is 0 Å². The molecule has 0 spiro atoms. The number of methoxy groups -OCH3 is 1. The van der Waals surface area contributed by atoms with Gasteiger partial charge in [-0.3, -0.25) is 14.4 Å². The predicted molar refractivity (Wildman–Crippen MR) is 107 cm³/mol. The molecule has 0 fully saturated rings. The monoisotopic (exact) mass is 391 g/mol. The molecule has 2 amide bonds. The molecule has 1 aliphatic heterocycles. The molecule has 29 heavy (non-hydrogen) atoms. The molecule has 1 aromatic heterocycles. The summed E-state index contributed by atoms with van der Waals surface area (Å²) in [6, 6.07) is 14.9. The van der Waals surface area contributed by atoms with Crippen LogP contribution in [-0.4, -0.2) is 47.9 Å². The van der Waals surface area contributed by atoms with E-state index in [-0.39, 0.29) is 19.0 Å². The van der Waals surface area contributed by atoms with Crippen molar-refractivity contribution in [2.75, 3.05) is 20.2 Å². The number of amides is 2. The van der Waals surface area contributed by atoms with Gasteiger partial charge in [-0.2, -0.15) is 0 Å². The van der Waals surface area contributed by atoms with Crippen LogP contribution < -0.4 is 5.32 Å². The van der Waals surface area contributed by atoms with Gasteiger partial charge in [0, 0.05) is 27.7 Å². The number of esters is 1. The van der Waals surface area contributed by atoms with Gasteiger partial charge < -0.3 is 19.9 Å². The first-order valence-corrected chi connectivity index (χ1v) is 9.32. The van der Waals surface area contributed by atoms with Gasteiger partial charge in [-0.15, -0.1) is 0 Å². The fourth-order valence-electron chi connectivity index (χ4n) is 3.95. The van der Waals surface area contributed by atoms with Crippen molar-refractivity contribution in [1.82, 2.24) is 15.2 Å². The van der Waals surface area contributed by atoms with Gasteiger partial charge in [0.1, 0.15) is 13.1 Å². The highest BCUT2D eigenvalue weighted by atomic mass is 16.5. The number of nitrogens with zero attached hydrogens (tertiary/aromatic N) is 1. The van der Waals surface area contributed by atoms with Gasteiger partial charge in [0.05, 0.1) is 13.2 Å². The average molecular weight is 391 g/mol. The van der Waals surface area contributed by atoms with Gasteiger partial charge in [-0.05, 0) is 24.6 Å². The zero-order valence-electron chi connectivity index (χ0n) is 16.2. The van der Waals surface area contributed by atoms with E-state index < -0.39 is 17.9 Å². The Morgan fingerprint density at radius 3 is 2.66 bits per heavy atom. The first-order chi connectivity index (χ1) is 14.0. The highest BCUT2D eigenvalue weighted by Gasteiger charge is 2.40. The summed E-state index contributed by atoms with van der Waals surface area (Å²) in [6.45, 7) is 1.57. The Morgan fingerprint density at radius 2 is 1.86 bits per heavy atom. The standard InChI is InChI=1S/C22H21N3O4/c1-13-20(16-9-5-6-10-17(16)24-13)21-14-7-3-4-8-15(14)22(28)25(21)12-18(26)23-11-19(27)29-2/h3-10,21,24H,11-12H2,1-2H3,(H,23,26)/t21-/m1/s1. The number of fused-ring (bicyclic) bond motifs is 2. The van der Waals surface area contributed by atoms with Crippen LogP contribution >= 0.6 is 0 Å². The van der Waals surface area contributed by atoms with E-state index in [2.05, 4.69) is 15.0 Å². The van der Waals surface area contributed by atoms with E-state index >= 15 is 0 Å². The number of rotatable bonds is 5. The average Bonchev–Trinajstić information content (AvgIpc) is 3.20. The molecule has 0 radical (unpaired) electrons. The summed E-state index contributed by atoms with van der Waals surface area (Å²) in [5.74, 6) is -1.17. The first kappa shape index (κ1) is 18.7. The Morgan fingerprint density at radius 1 is 1.14 bits per heavy atom. The largest absolute Gasteiger partial charge is 0.468 e. The molecule has 2 aromatic carbocycles. The quantitative estimate of drug-likeness (QED) is 0.653. The summed E-state index contributed by atoms with van der Waals surface area (Å²) in [7, 11) is 1.25. The van der Waals surface area contributed by atoms with Crippen molar-refractivity contribution in [2.24, 2.45) is 0 Å². The number of ether oxygens (including phenoxy) is 1. The van der Waals surface area contributed by atoms with Crippen molar-refractivity contribution in [2.45, 2.75) is 13.0 Å². The summed E-state index contributed by atoms with van der Waals surface area (Å²) >= 11 is 0. The van der Waals surface area contributed by atoms with Crippen LogP contribution in [0.1, 0.15) is 33.2 Å². The van der Waals surface area contributed by atoms with Crippen LogP contribution in [0, 0.1) is 6.92 Å². The molecule has 2 N–H and O–H groups in total. The van der Waals surface area contributed by atoms with E-state index in [1.165, 1.54) is 7.11 Å². The third kappa shape index (κ3) is 3.24. The van der Waals surface area contributed by atoms with Crippen LogP contribution in [-0.2, 0) is 14.3 Å². The molecule has 0 aliphatic carbocycles.